The van der Waals surface area contributed by atoms with Gasteiger partial charge in [-0.1, -0.05) is 38.2 Å². The lowest BCUT2D eigenvalue weighted by Gasteiger charge is -2.50. The molecule has 0 aliphatic carbocycles. The molecule has 16 nitrogen and oxygen atoms in total. The molecule has 0 aromatic carbocycles. The molecule has 16 heteroatoms. The summed E-state index contributed by atoms with van der Waals surface area (Å²) in [7, 11) is 4.85. The zero-order valence-electron chi connectivity index (χ0n) is 34.5. The number of carbonyl (C=O) groups is 4. The average Bonchev–Trinajstić information content (AvgIpc) is 3.09. The fourth-order valence-corrected chi connectivity index (χ4v) is 7.78. The number of nitrogens with zero attached hydrogens (tertiary/aromatic N) is 1. The van der Waals surface area contributed by atoms with E-state index in [1.807, 2.05) is 6.92 Å². The highest BCUT2D eigenvalue weighted by Gasteiger charge is 2.53. The largest absolute Gasteiger partial charge is 0.462 e. The second-order valence-corrected chi connectivity index (χ2v) is 15.7. The molecule has 0 spiro atoms. The van der Waals surface area contributed by atoms with Gasteiger partial charge in [0.25, 0.3) is 0 Å². The summed E-state index contributed by atoms with van der Waals surface area (Å²) in [6.45, 7) is 11.3. The van der Waals surface area contributed by atoms with Crippen LogP contribution in [-0.4, -0.2) is 151 Å². The van der Waals surface area contributed by atoms with Gasteiger partial charge in [-0.3, -0.25) is 14.4 Å². The van der Waals surface area contributed by atoms with Crippen molar-refractivity contribution in [2.75, 3.05) is 21.2 Å². The molecule has 3 N–H and O–H groups in total. The van der Waals surface area contributed by atoms with Crippen molar-refractivity contribution in [2.45, 2.75) is 172 Å². The van der Waals surface area contributed by atoms with Gasteiger partial charge in [0.05, 0.1) is 36.9 Å². The molecule has 0 aromatic heterocycles. The Morgan fingerprint density at radius 1 is 1.02 bits per heavy atom. The van der Waals surface area contributed by atoms with Crippen molar-refractivity contribution in [3.8, 4) is 0 Å². The molecule has 0 bridgehead atoms. The first-order chi connectivity index (χ1) is 26.3. The number of aldehydes is 1. The Kier molecular flexibility index (Phi) is 18.5. The van der Waals surface area contributed by atoms with Gasteiger partial charge in [0.2, 0.25) is 0 Å². The zero-order valence-corrected chi connectivity index (χ0v) is 34.5. The number of hydrogen-bond donors (Lipinski definition) is 3. The summed E-state index contributed by atoms with van der Waals surface area (Å²) in [5.41, 5.74) is -1.49. The van der Waals surface area contributed by atoms with Gasteiger partial charge in [-0.2, -0.15) is 0 Å². The van der Waals surface area contributed by atoms with E-state index < -0.39 is 121 Å². The Morgan fingerprint density at radius 3 is 2.30 bits per heavy atom. The Balaban J connectivity index is 2.00. The number of carbonyl (C=O) groups excluding carboxylic acids is 4. The second-order valence-electron chi connectivity index (χ2n) is 15.7. The molecule has 2 saturated heterocycles. The van der Waals surface area contributed by atoms with Crippen molar-refractivity contribution in [1.82, 2.24) is 4.90 Å². The summed E-state index contributed by atoms with van der Waals surface area (Å²) in [4.78, 5) is 51.7. The van der Waals surface area contributed by atoms with Crippen LogP contribution in [0.1, 0.15) is 87.0 Å². The van der Waals surface area contributed by atoms with Crippen molar-refractivity contribution >= 4 is 24.2 Å². The monoisotopic (exact) mass is 799 g/mol. The van der Waals surface area contributed by atoms with E-state index in [1.165, 1.54) is 14.0 Å². The number of ether oxygens (including phenoxy) is 8. The lowest BCUT2D eigenvalue weighted by molar-refractivity contribution is -0.344. The number of rotatable bonds is 11. The molecule has 3 rings (SSSR count). The number of likely N-dealkylation sites (N-methyl/N-ethyl adjacent to an activating group) is 1. The number of hydrogen-bond acceptors (Lipinski definition) is 16. The molecule has 3 aliphatic heterocycles. The quantitative estimate of drug-likeness (QED) is 0.156. The molecule has 15 unspecified atom stereocenters. The Hall–Kier alpha value is -2.80. The van der Waals surface area contributed by atoms with Gasteiger partial charge in [-0.25, -0.2) is 0 Å². The molecule has 56 heavy (non-hydrogen) atoms. The van der Waals surface area contributed by atoms with Crippen molar-refractivity contribution < 1.29 is 72.4 Å². The van der Waals surface area contributed by atoms with Crippen LogP contribution in [0.2, 0.25) is 0 Å². The van der Waals surface area contributed by atoms with Gasteiger partial charge >= 0.3 is 17.9 Å². The van der Waals surface area contributed by atoms with Gasteiger partial charge in [0.1, 0.15) is 42.4 Å². The summed E-state index contributed by atoms with van der Waals surface area (Å²) >= 11 is 0. The van der Waals surface area contributed by atoms with Crippen LogP contribution in [0.25, 0.3) is 0 Å². The average molecular weight is 800 g/mol. The molecule has 320 valence electrons. The third-order valence-electron chi connectivity index (χ3n) is 10.6. The zero-order chi connectivity index (χ0) is 41.9. The van der Waals surface area contributed by atoms with E-state index in [4.69, 9.17) is 37.9 Å². The van der Waals surface area contributed by atoms with Crippen LogP contribution in [0.15, 0.2) is 24.3 Å². The first-order valence-electron chi connectivity index (χ1n) is 19.6. The molecule has 0 amide bonds. The number of cyclic esters (lactones) is 1. The molecule has 2 fully saturated rings. The SMILES string of the molecule is CCC(=O)OC1C(C)OC(OC2C(C)OC(OC3C(CC=O)CC(C)C(O)C=CC=CCC(C)OC(=O)CC(OC(C)=O)C3OC)C(O)C2N(C)C)C[C@@]1(C)O. The van der Waals surface area contributed by atoms with E-state index in [2.05, 4.69) is 0 Å². The lowest BCUT2D eigenvalue weighted by Crippen LogP contribution is -2.66. The van der Waals surface area contributed by atoms with Crippen LogP contribution < -0.4 is 0 Å². The van der Waals surface area contributed by atoms with Gasteiger partial charge in [0, 0.05) is 39.7 Å². The van der Waals surface area contributed by atoms with Crippen LogP contribution >= 0.6 is 0 Å². The van der Waals surface area contributed by atoms with Crippen LogP contribution in [0.4, 0.5) is 0 Å². The van der Waals surface area contributed by atoms with Crippen LogP contribution in [0.3, 0.4) is 0 Å². The Bertz CT molecular complexity index is 1340. The smallest absolute Gasteiger partial charge is 0.309 e. The minimum Gasteiger partial charge on any atom is -0.462 e. The Labute approximate surface area is 330 Å². The van der Waals surface area contributed by atoms with E-state index in [-0.39, 0.29) is 25.7 Å². The lowest BCUT2D eigenvalue weighted by atomic mass is 9.82. The number of aliphatic hydroxyl groups is 3. The summed E-state index contributed by atoms with van der Waals surface area (Å²) < 4.78 is 48.2. The predicted octanol–water partition coefficient (Wildman–Crippen LogP) is 2.38. The second kappa shape index (κ2) is 21.8. The number of allylic oxidation sites excluding steroid dienone is 2. The van der Waals surface area contributed by atoms with Gasteiger partial charge < -0.3 is 62.9 Å². The van der Waals surface area contributed by atoms with E-state index >= 15 is 0 Å². The summed E-state index contributed by atoms with van der Waals surface area (Å²) in [5.74, 6) is -2.92. The molecule has 3 heterocycles. The first kappa shape index (κ1) is 47.6. The minimum atomic E-state index is -1.49. The van der Waals surface area contributed by atoms with Crippen molar-refractivity contribution in [1.29, 1.82) is 0 Å². The number of methoxy groups -OCH3 is 1. The van der Waals surface area contributed by atoms with Crippen LogP contribution in [0.5, 0.6) is 0 Å². The van der Waals surface area contributed by atoms with Gasteiger partial charge in [-0.05, 0) is 60.0 Å². The first-order valence-corrected chi connectivity index (χ1v) is 19.6. The van der Waals surface area contributed by atoms with Crippen molar-refractivity contribution in [3.63, 3.8) is 0 Å². The minimum absolute atomic E-state index is 0.0440. The topological polar surface area (TPSA) is 206 Å². The van der Waals surface area contributed by atoms with E-state index in [1.54, 1.807) is 77.9 Å². The van der Waals surface area contributed by atoms with Crippen molar-refractivity contribution in [3.05, 3.63) is 24.3 Å². The summed E-state index contributed by atoms with van der Waals surface area (Å²) in [5, 5.41) is 34.4. The highest BCUT2D eigenvalue weighted by atomic mass is 16.7. The van der Waals surface area contributed by atoms with E-state index in [0.29, 0.717) is 12.7 Å². The summed E-state index contributed by atoms with van der Waals surface area (Å²) in [6, 6.07) is -0.778. The summed E-state index contributed by atoms with van der Waals surface area (Å²) in [6.07, 6.45) is -4.12. The predicted molar refractivity (Wildman–Crippen MR) is 201 cm³/mol. The maximum absolute atomic E-state index is 13.2. The third kappa shape index (κ3) is 13.1. The molecule has 0 aromatic rings. The molecule has 0 saturated carbocycles. The molecular formula is C40H65NO15. The fourth-order valence-electron chi connectivity index (χ4n) is 7.78. The van der Waals surface area contributed by atoms with E-state index in [9.17, 15) is 34.5 Å². The number of esters is 3. The normalized spacial score (nSPS) is 40.5. The maximum atomic E-state index is 13.2. The fraction of sp³-hybridized carbons (Fsp3) is 0.800. The number of aliphatic hydroxyl groups excluding tert-OH is 2. The Morgan fingerprint density at radius 2 is 1.71 bits per heavy atom. The molecule has 0 radical (unpaired) electrons. The van der Waals surface area contributed by atoms with Crippen molar-refractivity contribution in [2.24, 2.45) is 11.8 Å². The standard InChI is InChI=1S/C40H65NO15/c1-11-30(45)54-38-25(5)51-32(21-40(38,7)48)55-35-24(4)52-39(34(47)33(35)41(8)9)56-36-27(17-18-42)19-22(2)28(44)16-14-12-13-15-23(3)50-31(46)20-29(37(36)49-10)53-26(6)43/h12-14,16,18,22-25,27-29,32-39,44,47-48H,11,15,17,19-21H2,1-10H3/t22?,23?,24?,25?,27?,28?,29?,32?,33?,34?,35?,36?,37?,38?,39?,40-/m1/s1. The molecule has 16 atom stereocenters. The third-order valence-corrected chi connectivity index (χ3v) is 10.6. The van der Waals surface area contributed by atoms with Crippen LogP contribution in [0, 0.1) is 11.8 Å². The molecular weight excluding hydrogens is 734 g/mol. The molecule has 3 aliphatic rings. The van der Waals surface area contributed by atoms with Crippen LogP contribution in [-0.2, 0) is 57.1 Å². The highest BCUT2D eigenvalue weighted by Crippen LogP contribution is 2.37. The highest BCUT2D eigenvalue weighted by molar-refractivity contribution is 5.72. The van der Waals surface area contributed by atoms with E-state index in [0.717, 1.165) is 0 Å². The van der Waals surface area contributed by atoms with Gasteiger partial charge in [0.15, 0.2) is 18.7 Å². The maximum Gasteiger partial charge on any atom is 0.309 e. The van der Waals surface area contributed by atoms with Gasteiger partial charge in [-0.15, -0.1) is 0 Å².